The molecular weight excluding hydrogens is 899 g/mol. The summed E-state index contributed by atoms with van der Waals surface area (Å²) in [5.74, 6) is 1.74. The van der Waals surface area contributed by atoms with Crippen LogP contribution in [0.15, 0.2) is 237 Å². The third kappa shape index (κ3) is 6.36. The minimum Gasteiger partial charge on any atom is -0.309 e. The molecule has 0 N–H and O–H groups in total. The van der Waals surface area contributed by atoms with Gasteiger partial charge in [0.1, 0.15) is 5.01 Å². The average Bonchev–Trinajstić information content (AvgIpc) is 4.21. The Kier molecular flexibility index (Phi) is 8.99. The fourth-order valence-electron chi connectivity index (χ4n) is 10.8. The first-order chi connectivity index (χ1) is 35.7. The smallest absolute Gasteiger partial charge is 0.238 e. The molecule has 0 unspecified atom stereocenters. The zero-order valence-electron chi connectivity index (χ0n) is 38.6. The van der Waals surface area contributed by atoms with Gasteiger partial charge in [-0.05, 0) is 114 Å². The van der Waals surface area contributed by atoms with Crippen LogP contribution in [0.5, 0.6) is 0 Å². The molecule has 5 heterocycles. The summed E-state index contributed by atoms with van der Waals surface area (Å²) >= 11 is 1.72. The molecule has 8 heteroatoms. The Morgan fingerprint density at radius 3 is 1.22 bits per heavy atom. The van der Waals surface area contributed by atoms with Crippen molar-refractivity contribution in [1.29, 1.82) is 0 Å². The highest BCUT2D eigenvalue weighted by atomic mass is 32.1. The molecule has 0 aliphatic carbocycles. The third-order valence-corrected chi connectivity index (χ3v) is 15.2. The standard InChI is InChI=1S/C64H39N7S/c1-3-15-45(16-4-1)69-54-23-11-7-19-47(54)51-38-43(32-35-57(51)69)61-66-62(44-33-36-58-52(39-44)48-20-8-12-24-55(48)70(58)46-17-5-2-6-18-46)68-64(67-61)71-56-25-13-9-21-49(56)50-37-42(31-34-59(50)71)40-27-29-41(30-28-40)63-65-53-22-10-14-26-60(53)72-63/h1-39H. The Hall–Kier alpha value is -9.50. The largest absolute Gasteiger partial charge is 0.309 e. The van der Waals surface area contributed by atoms with Crippen LogP contribution in [0, 0.1) is 0 Å². The maximum atomic E-state index is 5.44. The van der Waals surface area contributed by atoms with Gasteiger partial charge in [-0.3, -0.25) is 4.57 Å². The van der Waals surface area contributed by atoms with Gasteiger partial charge in [0.25, 0.3) is 0 Å². The van der Waals surface area contributed by atoms with Gasteiger partial charge in [0.2, 0.25) is 5.95 Å². The number of aromatic nitrogens is 7. The number of hydrogen-bond acceptors (Lipinski definition) is 5. The summed E-state index contributed by atoms with van der Waals surface area (Å²) in [4.78, 5) is 21.2. The van der Waals surface area contributed by atoms with Crippen molar-refractivity contribution in [2.24, 2.45) is 0 Å². The Labute approximate surface area is 416 Å². The molecule has 0 spiro atoms. The van der Waals surface area contributed by atoms with Crippen molar-refractivity contribution in [3.05, 3.63) is 237 Å². The Morgan fingerprint density at radius 1 is 0.278 bits per heavy atom. The van der Waals surface area contributed by atoms with Crippen LogP contribution in [-0.4, -0.2) is 33.6 Å². The van der Waals surface area contributed by atoms with Gasteiger partial charge in [-0.15, -0.1) is 11.3 Å². The lowest BCUT2D eigenvalue weighted by Crippen LogP contribution is -2.06. The van der Waals surface area contributed by atoms with Crippen LogP contribution in [0.25, 0.3) is 137 Å². The number of rotatable bonds is 7. The number of benzene rings is 10. The van der Waals surface area contributed by atoms with E-state index in [9.17, 15) is 0 Å². The summed E-state index contributed by atoms with van der Waals surface area (Å²) in [5.41, 5.74) is 15.0. The molecule has 0 atom stereocenters. The van der Waals surface area contributed by atoms with Gasteiger partial charge in [0, 0.05) is 60.4 Å². The molecule has 0 saturated carbocycles. The molecule has 5 aromatic heterocycles. The van der Waals surface area contributed by atoms with Crippen molar-refractivity contribution >= 4 is 87.0 Å². The Balaban J connectivity index is 0.923. The number of thiazole rings is 1. The van der Waals surface area contributed by atoms with E-state index in [1.165, 1.54) is 4.70 Å². The summed E-state index contributed by atoms with van der Waals surface area (Å²) in [7, 11) is 0. The maximum Gasteiger partial charge on any atom is 0.238 e. The zero-order chi connectivity index (χ0) is 47.3. The van der Waals surface area contributed by atoms with E-state index in [1.807, 2.05) is 6.07 Å². The number of nitrogens with zero attached hydrogens (tertiary/aromatic N) is 7. The minimum atomic E-state index is 0.549. The van der Waals surface area contributed by atoms with Crippen LogP contribution in [-0.2, 0) is 0 Å². The first-order valence-electron chi connectivity index (χ1n) is 24.1. The fraction of sp³-hybridized carbons (Fsp3) is 0. The van der Waals surface area contributed by atoms with Gasteiger partial charge in [-0.1, -0.05) is 133 Å². The minimum absolute atomic E-state index is 0.549. The van der Waals surface area contributed by atoms with Crippen LogP contribution >= 0.6 is 11.3 Å². The lowest BCUT2D eigenvalue weighted by molar-refractivity contribution is 0.954. The van der Waals surface area contributed by atoms with Crippen molar-refractivity contribution in [3.63, 3.8) is 0 Å². The third-order valence-electron chi connectivity index (χ3n) is 14.1. The first kappa shape index (κ1) is 40.4. The van der Waals surface area contributed by atoms with E-state index < -0.39 is 0 Å². The van der Waals surface area contributed by atoms with Crippen molar-refractivity contribution in [1.82, 2.24) is 33.6 Å². The topological polar surface area (TPSA) is 66.3 Å². The molecule has 0 fully saturated rings. The molecule has 72 heavy (non-hydrogen) atoms. The fourth-order valence-corrected chi connectivity index (χ4v) is 11.8. The van der Waals surface area contributed by atoms with Crippen LogP contribution < -0.4 is 0 Å². The van der Waals surface area contributed by atoms with E-state index in [1.54, 1.807) is 11.3 Å². The van der Waals surface area contributed by atoms with Gasteiger partial charge in [0.15, 0.2) is 11.6 Å². The van der Waals surface area contributed by atoms with Gasteiger partial charge >= 0.3 is 0 Å². The van der Waals surface area contributed by atoms with E-state index in [0.717, 1.165) is 115 Å². The van der Waals surface area contributed by atoms with Gasteiger partial charge in [-0.2, -0.15) is 9.97 Å². The quantitative estimate of drug-likeness (QED) is 0.160. The number of hydrogen-bond donors (Lipinski definition) is 0. The van der Waals surface area contributed by atoms with Crippen molar-refractivity contribution in [2.45, 2.75) is 0 Å². The second-order valence-corrected chi connectivity index (χ2v) is 19.3. The highest BCUT2D eigenvalue weighted by Gasteiger charge is 2.21. The summed E-state index contributed by atoms with van der Waals surface area (Å²) in [6, 6.07) is 84.0. The SMILES string of the molecule is c1ccc(-n2c3ccccc3c3cc(-c4nc(-c5ccc6c(c5)c5ccccc5n6-c5ccccc5)nc(-n5c6ccccc6c6cc(-c7ccc(-c8nc9ccccc9s8)cc7)ccc65)n4)ccc32)cc1. The van der Waals surface area contributed by atoms with E-state index in [4.69, 9.17) is 19.9 Å². The van der Waals surface area contributed by atoms with Gasteiger partial charge < -0.3 is 9.13 Å². The van der Waals surface area contributed by atoms with Crippen LogP contribution in [0.1, 0.15) is 0 Å². The molecular formula is C64H39N7S. The molecule has 336 valence electrons. The van der Waals surface area contributed by atoms with E-state index in [-0.39, 0.29) is 0 Å². The Morgan fingerprint density at radius 2 is 0.681 bits per heavy atom. The van der Waals surface area contributed by atoms with E-state index in [2.05, 4.69) is 244 Å². The summed E-state index contributed by atoms with van der Waals surface area (Å²) in [6.45, 7) is 0. The predicted molar refractivity (Wildman–Crippen MR) is 298 cm³/mol. The summed E-state index contributed by atoms with van der Waals surface area (Å²) in [6.07, 6.45) is 0. The second kappa shape index (κ2) is 16.0. The molecule has 0 bridgehead atoms. The van der Waals surface area contributed by atoms with Crippen molar-refractivity contribution < 1.29 is 0 Å². The van der Waals surface area contributed by atoms with Crippen LogP contribution in [0.3, 0.4) is 0 Å². The monoisotopic (exact) mass is 937 g/mol. The molecule has 0 aliphatic heterocycles. The van der Waals surface area contributed by atoms with E-state index in [0.29, 0.717) is 17.6 Å². The predicted octanol–water partition coefficient (Wildman–Crippen LogP) is 16.4. The Bertz CT molecular complexity index is 4410. The van der Waals surface area contributed by atoms with Crippen LogP contribution in [0.4, 0.5) is 0 Å². The molecule has 7 nitrogen and oxygen atoms in total. The second-order valence-electron chi connectivity index (χ2n) is 18.3. The van der Waals surface area contributed by atoms with Crippen molar-refractivity contribution in [3.8, 4) is 61.8 Å². The van der Waals surface area contributed by atoms with Crippen molar-refractivity contribution in [2.75, 3.05) is 0 Å². The lowest BCUT2D eigenvalue weighted by Gasteiger charge is -2.12. The summed E-state index contributed by atoms with van der Waals surface area (Å²) < 4.78 is 8.07. The number of fused-ring (bicyclic) bond motifs is 10. The van der Waals surface area contributed by atoms with Crippen LogP contribution in [0.2, 0.25) is 0 Å². The molecule has 0 saturated heterocycles. The molecule has 0 aliphatic rings. The molecule has 15 aromatic rings. The summed E-state index contributed by atoms with van der Waals surface area (Å²) in [5, 5.41) is 7.85. The zero-order valence-corrected chi connectivity index (χ0v) is 39.4. The first-order valence-corrected chi connectivity index (χ1v) is 24.9. The van der Waals surface area contributed by atoms with Gasteiger partial charge in [0.05, 0.1) is 43.3 Å². The normalized spacial score (nSPS) is 11.9. The maximum absolute atomic E-state index is 5.44. The molecule has 15 rings (SSSR count). The number of para-hydroxylation sites is 6. The molecule has 10 aromatic carbocycles. The average molecular weight is 938 g/mol. The highest BCUT2D eigenvalue weighted by Crippen LogP contribution is 2.40. The molecule has 0 amide bonds. The lowest BCUT2D eigenvalue weighted by atomic mass is 10.0. The van der Waals surface area contributed by atoms with Gasteiger partial charge in [-0.25, -0.2) is 9.97 Å². The molecule has 0 radical (unpaired) electrons. The highest BCUT2D eigenvalue weighted by molar-refractivity contribution is 7.21. The van der Waals surface area contributed by atoms with E-state index >= 15 is 0 Å².